The second kappa shape index (κ2) is 7.84. The van der Waals surface area contributed by atoms with Crippen molar-refractivity contribution in [2.45, 2.75) is 40.5 Å². The average Bonchev–Trinajstić information content (AvgIpc) is 2.91. The lowest BCUT2D eigenvalue weighted by Gasteiger charge is -2.12. The topological polar surface area (TPSA) is 81.2 Å². The van der Waals surface area contributed by atoms with Gasteiger partial charge >= 0.3 is 0 Å². The number of hydrogen-bond acceptors (Lipinski definition) is 6. The van der Waals surface area contributed by atoms with E-state index in [0.29, 0.717) is 29.3 Å². The molecule has 0 unspecified atom stereocenters. The highest BCUT2D eigenvalue weighted by Gasteiger charge is 2.17. The average molecular weight is 383 g/mol. The Balaban J connectivity index is 1.98. The highest BCUT2D eigenvalue weighted by atomic mass is 32.1. The second-order valence-electron chi connectivity index (χ2n) is 6.31. The molecule has 1 aromatic carbocycles. The van der Waals surface area contributed by atoms with Crippen molar-refractivity contribution in [2.24, 2.45) is 0 Å². The summed E-state index contributed by atoms with van der Waals surface area (Å²) in [6, 6.07) is 5.04. The smallest absolute Gasteiger partial charge is 0.231 e. The molecule has 0 atom stereocenters. The number of rotatable bonds is 6. The lowest BCUT2D eigenvalue weighted by Crippen LogP contribution is -2.11. The first kappa shape index (κ1) is 19.0. The van der Waals surface area contributed by atoms with Gasteiger partial charge in [-0.3, -0.25) is 9.59 Å². The Labute approximate surface area is 161 Å². The maximum Gasteiger partial charge on any atom is 0.231 e. The van der Waals surface area contributed by atoms with Crippen LogP contribution in [0.5, 0.6) is 11.6 Å². The third-order valence-electron chi connectivity index (χ3n) is 4.26. The zero-order chi connectivity index (χ0) is 19.6. The van der Waals surface area contributed by atoms with Crippen LogP contribution in [-0.4, -0.2) is 21.7 Å². The molecule has 0 aliphatic rings. The third-order valence-corrected chi connectivity index (χ3v) is 5.37. The summed E-state index contributed by atoms with van der Waals surface area (Å²) in [6.45, 7) is 7.44. The molecule has 0 radical (unpaired) electrons. The Bertz CT molecular complexity index is 1030. The van der Waals surface area contributed by atoms with Crippen LogP contribution in [0.2, 0.25) is 0 Å². The van der Waals surface area contributed by atoms with Crippen LogP contribution >= 0.6 is 11.3 Å². The van der Waals surface area contributed by atoms with E-state index in [1.54, 1.807) is 29.5 Å². The SMILES string of the molecule is CCCC(=O)Nc1ccc(Oc2ncnc3sc(C)c(C)c23)c(C(C)=O)c1. The molecule has 7 heteroatoms. The number of nitrogens with one attached hydrogen (secondary N) is 1. The molecule has 6 nitrogen and oxygen atoms in total. The lowest BCUT2D eigenvalue weighted by atomic mass is 10.1. The van der Waals surface area contributed by atoms with E-state index in [1.807, 2.05) is 20.8 Å². The van der Waals surface area contributed by atoms with Gasteiger partial charge in [-0.2, -0.15) is 0 Å². The third kappa shape index (κ3) is 3.98. The molecule has 0 spiro atoms. The van der Waals surface area contributed by atoms with Crippen LogP contribution in [0, 0.1) is 13.8 Å². The van der Waals surface area contributed by atoms with Gasteiger partial charge in [0, 0.05) is 17.0 Å². The van der Waals surface area contributed by atoms with Crippen LogP contribution < -0.4 is 10.1 Å². The summed E-state index contributed by atoms with van der Waals surface area (Å²) in [5.74, 6) is 0.592. The number of aryl methyl sites for hydroxylation is 2. The number of fused-ring (bicyclic) bond motifs is 1. The van der Waals surface area contributed by atoms with Gasteiger partial charge in [0.15, 0.2) is 5.78 Å². The minimum Gasteiger partial charge on any atom is -0.437 e. The quantitative estimate of drug-likeness (QED) is 0.603. The van der Waals surface area contributed by atoms with Gasteiger partial charge < -0.3 is 10.1 Å². The molecule has 0 bridgehead atoms. The van der Waals surface area contributed by atoms with Gasteiger partial charge in [0.1, 0.15) is 16.9 Å². The van der Waals surface area contributed by atoms with E-state index in [9.17, 15) is 9.59 Å². The highest BCUT2D eigenvalue weighted by molar-refractivity contribution is 7.18. The lowest BCUT2D eigenvalue weighted by molar-refractivity contribution is -0.116. The summed E-state index contributed by atoms with van der Waals surface area (Å²) in [4.78, 5) is 34.5. The number of Topliss-reactive ketones (excluding diaryl/α,β-unsaturated/α-hetero) is 1. The molecule has 1 N–H and O–H groups in total. The molecule has 27 heavy (non-hydrogen) atoms. The van der Waals surface area contributed by atoms with Crippen LogP contribution in [0.4, 0.5) is 5.69 Å². The van der Waals surface area contributed by atoms with Gasteiger partial charge in [-0.05, 0) is 51.0 Å². The molecular weight excluding hydrogens is 362 g/mol. The predicted octanol–water partition coefficient (Wildman–Crippen LogP) is 5.04. The minimum atomic E-state index is -0.153. The fraction of sp³-hybridized carbons (Fsp3) is 0.300. The Morgan fingerprint density at radius 1 is 1.22 bits per heavy atom. The standard InChI is InChI=1S/C20H21N3O3S/c1-5-6-17(25)23-14-7-8-16(15(9-14)12(3)24)26-19-18-11(2)13(4)27-20(18)22-10-21-19/h7-10H,5-6H2,1-4H3,(H,23,25). The van der Waals surface area contributed by atoms with E-state index in [-0.39, 0.29) is 11.7 Å². The van der Waals surface area contributed by atoms with E-state index in [2.05, 4.69) is 15.3 Å². The molecule has 0 fully saturated rings. The number of ether oxygens (including phenoxy) is 1. The minimum absolute atomic E-state index is 0.0810. The molecule has 2 aromatic heterocycles. The zero-order valence-electron chi connectivity index (χ0n) is 15.8. The molecule has 0 aliphatic carbocycles. The van der Waals surface area contributed by atoms with Crippen molar-refractivity contribution in [3.63, 3.8) is 0 Å². The molecule has 3 aromatic rings. The normalized spacial score (nSPS) is 10.8. The number of anilines is 1. The van der Waals surface area contributed by atoms with Gasteiger partial charge in [0.05, 0.1) is 10.9 Å². The fourth-order valence-corrected chi connectivity index (χ4v) is 3.74. The maximum absolute atomic E-state index is 12.1. The molecule has 3 rings (SSSR count). The van der Waals surface area contributed by atoms with E-state index in [1.165, 1.54) is 13.3 Å². The Morgan fingerprint density at radius 2 is 2.00 bits per heavy atom. The van der Waals surface area contributed by atoms with Crippen LogP contribution in [0.15, 0.2) is 24.5 Å². The first-order chi connectivity index (χ1) is 12.9. The van der Waals surface area contributed by atoms with E-state index < -0.39 is 0 Å². The molecular formula is C20H21N3O3S. The number of benzene rings is 1. The fourth-order valence-electron chi connectivity index (χ4n) is 2.75. The summed E-state index contributed by atoms with van der Waals surface area (Å²) < 4.78 is 6.01. The van der Waals surface area contributed by atoms with Crippen molar-refractivity contribution in [1.29, 1.82) is 0 Å². The van der Waals surface area contributed by atoms with Crippen molar-refractivity contribution < 1.29 is 14.3 Å². The van der Waals surface area contributed by atoms with Gasteiger partial charge in [-0.15, -0.1) is 11.3 Å². The number of ketones is 1. The van der Waals surface area contributed by atoms with E-state index in [4.69, 9.17) is 4.74 Å². The monoisotopic (exact) mass is 383 g/mol. The van der Waals surface area contributed by atoms with Gasteiger partial charge in [-0.25, -0.2) is 9.97 Å². The van der Waals surface area contributed by atoms with Crippen LogP contribution in [0.3, 0.4) is 0 Å². The number of nitrogens with zero attached hydrogens (tertiary/aromatic N) is 2. The second-order valence-corrected chi connectivity index (χ2v) is 7.51. The molecule has 0 aliphatic heterocycles. The number of hydrogen-bond donors (Lipinski definition) is 1. The number of carbonyl (C=O) groups excluding carboxylic acids is 2. The van der Waals surface area contributed by atoms with Crippen molar-refractivity contribution in [2.75, 3.05) is 5.32 Å². The number of carbonyl (C=O) groups is 2. The number of amides is 1. The van der Waals surface area contributed by atoms with Crippen molar-refractivity contribution in [3.05, 3.63) is 40.5 Å². The molecule has 2 heterocycles. The Kier molecular flexibility index (Phi) is 5.51. The van der Waals surface area contributed by atoms with Crippen molar-refractivity contribution >= 4 is 38.9 Å². The number of thiophene rings is 1. The molecule has 1 amide bonds. The summed E-state index contributed by atoms with van der Waals surface area (Å²) in [5.41, 5.74) is 2.03. The van der Waals surface area contributed by atoms with Crippen molar-refractivity contribution in [1.82, 2.24) is 9.97 Å². The molecule has 0 saturated carbocycles. The zero-order valence-corrected chi connectivity index (χ0v) is 16.6. The van der Waals surface area contributed by atoms with Crippen LogP contribution in [0.25, 0.3) is 10.2 Å². The maximum atomic E-state index is 12.1. The van der Waals surface area contributed by atoms with Crippen molar-refractivity contribution in [3.8, 4) is 11.6 Å². The Hall–Kier alpha value is -2.80. The highest BCUT2D eigenvalue weighted by Crippen LogP contribution is 2.37. The van der Waals surface area contributed by atoms with E-state index >= 15 is 0 Å². The van der Waals surface area contributed by atoms with Gasteiger partial charge in [0.25, 0.3) is 0 Å². The summed E-state index contributed by atoms with van der Waals surface area (Å²) in [7, 11) is 0. The first-order valence-corrected chi connectivity index (χ1v) is 9.55. The van der Waals surface area contributed by atoms with Crippen LogP contribution in [0.1, 0.15) is 47.5 Å². The summed E-state index contributed by atoms with van der Waals surface area (Å²) in [6.07, 6.45) is 2.65. The summed E-state index contributed by atoms with van der Waals surface area (Å²) in [5, 5.41) is 3.66. The largest absolute Gasteiger partial charge is 0.437 e. The first-order valence-electron chi connectivity index (χ1n) is 8.74. The summed E-state index contributed by atoms with van der Waals surface area (Å²) >= 11 is 1.58. The number of aromatic nitrogens is 2. The predicted molar refractivity (Wildman–Crippen MR) is 107 cm³/mol. The van der Waals surface area contributed by atoms with Gasteiger partial charge in [0.2, 0.25) is 11.8 Å². The molecule has 140 valence electrons. The van der Waals surface area contributed by atoms with Crippen LogP contribution in [-0.2, 0) is 4.79 Å². The van der Waals surface area contributed by atoms with E-state index in [0.717, 1.165) is 27.1 Å². The van der Waals surface area contributed by atoms with Gasteiger partial charge in [-0.1, -0.05) is 6.92 Å². The molecule has 0 saturated heterocycles. The Morgan fingerprint density at radius 3 is 2.70 bits per heavy atom.